The van der Waals surface area contributed by atoms with Crippen molar-refractivity contribution >= 4 is 27.3 Å². The number of thiophene rings is 1. The fraction of sp³-hybridized carbons (Fsp3) is 0.692. The standard InChI is InChI=1S/C13H18BrNS/c14-12-9-16-8-11(12)13(10-4-5-10)6-2-1-3-7-15-13/h8-10,15H,1-7H2. The summed E-state index contributed by atoms with van der Waals surface area (Å²) in [5, 5.41) is 8.45. The molecular formula is C13H18BrNS. The maximum absolute atomic E-state index is 3.88. The van der Waals surface area contributed by atoms with Gasteiger partial charge >= 0.3 is 0 Å². The molecule has 1 nitrogen and oxygen atoms in total. The molecule has 0 spiro atoms. The average Bonchev–Trinajstić information content (AvgIpc) is 3.07. The van der Waals surface area contributed by atoms with E-state index >= 15 is 0 Å². The van der Waals surface area contributed by atoms with Gasteiger partial charge in [-0.15, -0.1) is 0 Å². The van der Waals surface area contributed by atoms with E-state index in [1.807, 2.05) is 11.3 Å². The molecular weight excluding hydrogens is 282 g/mol. The first kappa shape index (κ1) is 11.2. The fourth-order valence-electron chi connectivity index (χ4n) is 3.08. The third-order valence-corrected chi connectivity index (χ3v) is 5.76. The van der Waals surface area contributed by atoms with E-state index < -0.39 is 0 Å². The van der Waals surface area contributed by atoms with Crippen LogP contribution in [0, 0.1) is 5.92 Å². The summed E-state index contributed by atoms with van der Waals surface area (Å²) in [5.41, 5.74) is 1.83. The molecule has 1 aromatic heterocycles. The van der Waals surface area contributed by atoms with Crippen LogP contribution in [-0.4, -0.2) is 6.54 Å². The van der Waals surface area contributed by atoms with E-state index in [0.29, 0.717) is 5.54 Å². The number of rotatable bonds is 2. The Morgan fingerprint density at radius 3 is 2.81 bits per heavy atom. The molecule has 1 aliphatic heterocycles. The van der Waals surface area contributed by atoms with Crippen molar-refractivity contribution in [2.75, 3.05) is 6.54 Å². The predicted molar refractivity (Wildman–Crippen MR) is 72.9 cm³/mol. The van der Waals surface area contributed by atoms with Crippen molar-refractivity contribution in [2.45, 2.75) is 44.1 Å². The van der Waals surface area contributed by atoms with Gasteiger partial charge < -0.3 is 5.32 Å². The van der Waals surface area contributed by atoms with Crippen molar-refractivity contribution in [3.63, 3.8) is 0 Å². The highest BCUT2D eigenvalue weighted by molar-refractivity contribution is 9.10. The molecule has 1 aliphatic carbocycles. The van der Waals surface area contributed by atoms with Crippen LogP contribution in [0.2, 0.25) is 0 Å². The molecule has 1 unspecified atom stereocenters. The van der Waals surface area contributed by atoms with Crippen molar-refractivity contribution in [1.82, 2.24) is 5.32 Å². The van der Waals surface area contributed by atoms with Crippen LogP contribution in [0.1, 0.15) is 44.1 Å². The van der Waals surface area contributed by atoms with Gasteiger partial charge in [-0.25, -0.2) is 0 Å². The smallest absolute Gasteiger partial charge is 0.0482 e. The second-order valence-corrected chi connectivity index (χ2v) is 6.71. The van der Waals surface area contributed by atoms with E-state index in [1.165, 1.54) is 55.1 Å². The Bertz CT molecular complexity index is 362. The molecule has 0 bridgehead atoms. The largest absolute Gasteiger partial charge is 0.307 e. The second kappa shape index (κ2) is 4.43. The van der Waals surface area contributed by atoms with Crippen molar-refractivity contribution in [3.05, 3.63) is 20.8 Å². The van der Waals surface area contributed by atoms with E-state index in [-0.39, 0.29) is 0 Å². The Balaban J connectivity index is 1.98. The molecule has 1 saturated carbocycles. The van der Waals surface area contributed by atoms with Gasteiger partial charge in [-0.2, -0.15) is 11.3 Å². The first-order valence-electron chi connectivity index (χ1n) is 6.30. The molecule has 1 N–H and O–H groups in total. The van der Waals surface area contributed by atoms with Gasteiger partial charge in [0.2, 0.25) is 0 Å². The van der Waals surface area contributed by atoms with Crippen molar-refractivity contribution in [1.29, 1.82) is 0 Å². The highest BCUT2D eigenvalue weighted by Gasteiger charge is 2.47. The van der Waals surface area contributed by atoms with Gasteiger partial charge in [0, 0.05) is 15.4 Å². The summed E-state index contributed by atoms with van der Waals surface area (Å²) in [4.78, 5) is 0. The van der Waals surface area contributed by atoms with Crippen molar-refractivity contribution < 1.29 is 0 Å². The quantitative estimate of drug-likeness (QED) is 0.859. The number of hydrogen-bond donors (Lipinski definition) is 1. The zero-order valence-corrected chi connectivity index (χ0v) is 11.9. The van der Waals surface area contributed by atoms with E-state index in [0.717, 1.165) is 5.92 Å². The summed E-state index contributed by atoms with van der Waals surface area (Å²) in [5.74, 6) is 0.886. The van der Waals surface area contributed by atoms with Gasteiger partial charge in [0.1, 0.15) is 0 Å². The summed E-state index contributed by atoms with van der Waals surface area (Å²) < 4.78 is 1.32. The Kier molecular flexibility index (Phi) is 3.11. The van der Waals surface area contributed by atoms with Crippen LogP contribution in [-0.2, 0) is 5.54 Å². The Morgan fingerprint density at radius 1 is 1.25 bits per heavy atom. The zero-order chi connectivity index (χ0) is 11.0. The summed E-state index contributed by atoms with van der Waals surface area (Å²) in [6, 6.07) is 0. The zero-order valence-electron chi connectivity index (χ0n) is 9.47. The predicted octanol–water partition coefficient (Wildman–Crippen LogP) is 4.28. The topological polar surface area (TPSA) is 12.0 Å². The lowest BCUT2D eigenvalue weighted by molar-refractivity contribution is 0.278. The highest BCUT2D eigenvalue weighted by Crippen LogP contribution is 2.51. The Labute approximate surface area is 110 Å². The minimum Gasteiger partial charge on any atom is -0.307 e. The number of halogens is 1. The third kappa shape index (κ3) is 1.87. The van der Waals surface area contributed by atoms with Gasteiger partial charge in [0.15, 0.2) is 0 Å². The Hall–Kier alpha value is 0.140. The number of hydrogen-bond acceptors (Lipinski definition) is 2. The molecule has 1 aromatic rings. The van der Waals surface area contributed by atoms with Crippen LogP contribution in [0.4, 0.5) is 0 Å². The minimum atomic E-state index is 0.301. The Morgan fingerprint density at radius 2 is 2.12 bits per heavy atom. The van der Waals surface area contributed by atoms with E-state index in [4.69, 9.17) is 0 Å². The van der Waals surface area contributed by atoms with Crippen LogP contribution < -0.4 is 5.32 Å². The van der Waals surface area contributed by atoms with E-state index in [2.05, 4.69) is 32.0 Å². The molecule has 16 heavy (non-hydrogen) atoms. The van der Waals surface area contributed by atoms with E-state index in [9.17, 15) is 0 Å². The van der Waals surface area contributed by atoms with Gasteiger partial charge in [-0.1, -0.05) is 12.8 Å². The average molecular weight is 300 g/mol. The molecule has 2 heterocycles. The summed E-state index contributed by atoms with van der Waals surface area (Å²) >= 11 is 5.55. The lowest BCUT2D eigenvalue weighted by Gasteiger charge is -2.34. The SMILES string of the molecule is Brc1cscc1C1(C2CC2)CCCCCN1. The lowest BCUT2D eigenvalue weighted by Crippen LogP contribution is -2.43. The molecule has 2 fully saturated rings. The maximum atomic E-state index is 3.88. The molecule has 2 aliphatic rings. The summed E-state index contributed by atoms with van der Waals surface area (Å²) in [6.07, 6.45) is 8.27. The molecule has 1 saturated heterocycles. The third-order valence-electron chi connectivity index (χ3n) is 4.06. The molecule has 0 radical (unpaired) electrons. The van der Waals surface area contributed by atoms with Gasteiger partial charge in [-0.3, -0.25) is 0 Å². The van der Waals surface area contributed by atoms with E-state index in [1.54, 1.807) is 0 Å². The molecule has 0 aromatic carbocycles. The summed E-state index contributed by atoms with van der Waals surface area (Å²) in [6.45, 7) is 1.19. The highest BCUT2D eigenvalue weighted by atomic mass is 79.9. The summed E-state index contributed by atoms with van der Waals surface area (Å²) in [7, 11) is 0. The van der Waals surface area contributed by atoms with Gasteiger partial charge in [0.25, 0.3) is 0 Å². The molecule has 1 atom stereocenters. The monoisotopic (exact) mass is 299 g/mol. The molecule has 88 valence electrons. The number of nitrogens with one attached hydrogen (secondary N) is 1. The lowest BCUT2D eigenvalue weighted by atomic mass is 9.82. The molecule has 3 rings (SSSR count). The normalized spacial score (nSPS) is 31.3. The van der Waals surface area contributed by atoms with Crippen LogP contribution in [0.3, 0.4) is 0 Å². The van der Waals surface area contributed by atoms with Gasteiger partial charge in [-0.05, 0) is 65.0 Å². The van der Waals surface area contributed by atoms with Crippen LogP contribution in [0.5, 0.6) is 0 Å². The fourth-order valence-corrected chi connectivity index (χ4v) is 4.81. The van der Waals surface area contributed by atoms with Crippen molar-refractivity contribution in [3.8, 4) is 0 Å². The second-order valence-electron chi connectivity index (χ2n) is 5.12. The maximum Gasteiger partial charge on any atom is 0.0482 e. The van der Waals surface area contributed by atoms with Crippen LogP contribution in [0.15, 0.2) is 15.2 Å². The van der Waals surface area contributed by atoms with Crippen LogP contribution >= 0.6 is 27.3 Å². The minimum absolute atomic E-state index is 0.301. The molecule has 3 heteroatoms. The van der Waals surface area contributed by atoms with Crippen LogP contribution in [0.25, 0.3) is 0 Å². The van der Waals surface area contributed by atoms with Gasteiger partial charge in [0.05, 0.1) is 0 Å². The molecule has 0 amide bonds. The first-order valence-corrected chi connectivity index (χ1v) is 8.04. The first-order chi connectivity index (χ1) is 7.83. The van der Waals surface area contributed by atoms with Crippen molar-refractivity contribution in [2.24, 2.45) is 5.92 Å².